The Labute approximate surface area is 266 Å². The fourth-order valence-electron chi connectivity index (χ4n) is 5.40. The Bertz CT molecular complexity index is 1770. The van der Waals surface area contributed by atoms with E-state index in [4.69, 9.17) is 0 Å². The van der Waals surface area contributed by atoms with Gasteiger partial charge in [0.2, 0.25) is 35.2 Å². The Kier molecular flexibility index (Phi) is 9.73. The predicted octanol–water partition coefficient (Wildman–Crippen LogP) is -0.00136. The summed E-state index contributed by atoms with van der Waals surface area (Å²) in [5.41, 5.74) is 4.70. The number of anilines is 2. The van der Waals surface area contributed by atoms with Crippen molar-refractivity contribution in [3.63, 3.8) is 0 Å². The Hall–Kier alpha value is -6.06. The van der Waals surface area contributed by atoms with Gasteiger partial charge in [-0.2, -0.15) is 0 Å². The van der Waals surface area contributed by atoms with Crippen LogP contribution < -0.4 is 31.9 Å². The van der Waals surface area contributed by atoms with Gasteiger partial charge in [0.05, 0.1) is 0 Å². The number of nitrogens with one attached hydrogen (secondary N) is 6. The van der Waals surface area contributed by atoms with E-state index in [1.54, 1.807) is 53.3 Å². The average molecular weight is 647 g/mol. The first-order valence-corrected chi connectivity index (χ1v) is 14.4. The maximum absolute atomic E-state index is 12.9. The summed E-state index contributed by atoms with van der Waals surface area (Å²) in [6.07, 6.45) is 1.18. The van der Waals surface area contributed by atoms with Gasteiger partial charge in [-0.05, 0) is 66.5 Å². The lowest BCUT2D eigenvalue weighted by molar-refractivity contribution is -0.148. The second-order valence-corrected chi connectivity index (χ2v) is 10.8. The number of benzene rings is 2. The minimum absolute atomic E-state index is 0.311. The third-order valence-corrected chi connectivity index (χ3v) is 7.67. The van der Waals surface area contributed by atoms with Gasteiger partial charge >= 0.3 is 12.1 Å². The van der Waals surface area contributed by atoms with E-state index in [1.165, 1.54) is 0 Å². The lowest BCUT2D eigenvalue weighted by Crippen LogP contribution is -2.59. The van der Waals surface area contributed by atoms with Gasteiger partial charge in [-0.3, -0.25) is 59.6 Å². The molecule has 0 atom stereocenters. The van der Waals surface area contributed by atoms with Crippen LogP contribution in [-0.2, 0) is 57.6 Å². The number of hydrogen-bond acceptors (Lipinski definition) is 10. The fraction of sp³-hybridized carbons (Fsp3) is 0.290. The number of hydrogen-bond donors (Lipinski definition) is 6. The molecule has 0 spiro atoms. The van der Waals surface area contributed by atoms with Crippen LogP contribution >= 0.6 is 0 Å². The zero-order valence-corrected chi connectivity index (χ0v) is 25.7. The maximum atomic E-state index is 12.9. The van der Waals surface area contributed by atoms with Gasteiger partial charge in [0, 0.05) is 11.4 Å². The Balaban J connectivity index is 1.56. The number of amides is 10. The Morgan fingerprint density at radius 1 is 0.617 bits per heavy atom. The number of carbonyl (C=O) groups is 10. The lowest BCUT2D eigenvalue weighted by Gasteiger charge is -2.21. The molecule has 47 heavy (non-hydrogen) atoms. The predicted molar refractivity (Wildman–Crippen MR) is 162 cm³/mol. The molecule has 10 amide bonds. The van der Waals surface area contributed by atoms with Crippen molar-refractivity contribution in [1.82, 2.24) is 21.3 Å². The lowest BCUT2D eigenvalue weighted by atomic mass is 9.91. The summed E-state index contributed by atoms with van der Waals surface area (Å²) >= 11 is 0. The molecule has 4 rings (SSSR count). The van der Waals surface area contributed by atoms with Crippen LogP contribution in [0.5, 0.6) is 0 Å². The summed E-state index contributed by atoms with van der Waals surface area (Å²) in [7, 11) is 0. The highest BCUT2D eigenvalue weighted by molar-refractivity contribution is 6.50. The molecule has 0 aromatic heterocycles. The number of carbonyl (C=O) groups excluding carboxylic acids is 10. The normalized spacial score (nSPS) is 15.3. The monoisotopic (exact) mass is 646 g/mol. The number of rotatable bonds is 10. The van der Waals surface area contributed by atoms with Gasteiger partial charge in [-0.25, -0.2) is 9.59 Å². The first-order chi connectivity index (χ1) is 22.2. The van der Waals surface area contributed by atoms with Crippen molar-refractivity contribution in [2.45, 2.75) is 47.0 Å². The molecule has 0 radical (unpaired) electrons. The summed E-state index contributed by atoms with van der Waals surface area (Å²) in [6, 6.07) is 4.96. The summed E-state index contributed by atoms with van der Waals surface area (Å²) in [4.78, 5) is 122. The van der Waals surface area contributed by atoms with Crippen LogP contribution in [0.15, 0.2) is 24.3 Å². The molecule has 2 heterocycles. The van der Waals surface area contributed by atoms with Crippen molar-refractivity contribution in [1.29, 1.82) is 0 Å². The number of Topliss-reactive ketones (excluding diaryl/α,β-unsaturated/α-hetero) is 2. The van der Waals surface area contributed by atoms with E-state index in [-0.39, 0.29) is 0 Å². The van der Waals surface area contributed by atoms with Gasteiger partial charge in [-0.15, -0.1) is 0 Å². The molecule has 2 aliphatic heterocycles. The fourth-order valence-corrected chi connectivity index (χ4v) is 5.40. The van der Waals surface area contributed by atoms with E-state index in [0.717, 1.165) is 11.1 Å². The average Bonchev–Trinajstić information content (AvgIpc) is 2.98. The quantitative estimate of drug-likeness (QED) is 0.149. The van der Waals surface area contributed by atoms with Crippen molar-refractivity contribution in [2.24, 2.45) is 11.8 Å². The molecule has 0 aliphatic carbocycles. The first kappa shape index (κ1) is 33.8. The molecule has 16 nitrogen and oxygen atoms in total. The van der Waals surface area contributed by atoms with E-state index in [9.17, 15) is 47.9 Å². The number of barbiturate groups is 2. The van der Waals surface area contributed by atoms with E-state index in [1.807, 2.05) is 19.9 Å². The molecule has 2 aliphatic rings. The number of aryl methyl sites for hydroxylation is 3. The second-order valence-electron chi connectivity index (χ2n) is 10.8. The van der Waals surface area contributed by atoms with Crippen LogP contribution in [0.4, 0.5) is 21.0 Å². The van der Waals surface area contributed by atoms with E-state index >= 15 is 0 Å². The first-order valence-electron chi connectivity index (χ1n) is 14.4. The van der Waals surface area contributed by atoms with Gasteiger partial charge < -0.3 is 10.6 Å². The van der Waals surface area contributed by atoms with E-state index in [2.05, 4.69) is 10.6 Å². The molecule has 244 valence electrons. The number of imide groups is 4. The van der Waals surface area contributed by atoms with Gasteiger partial charge in [0.15, 0.2) is 11.8 Å². The number of ketones is 2. The minimum atomic E-state index is -2.02. The maximum Gasteiger partial charge on any atom is 0.328 e. The van der Waals surface area contributed by atoms with Crippen molar-refractivity contribution < 1.29 is 47.9 Å². The Morgan fingerprint density at radius 3 is 1.53 bits per heavy atom. The zero-order chi connectivity index (χ0) is 34.7. The van der Waals surface area contributed by atoms with Crippen LogP contribution in [0.2, 0.25) is 0 Å². The standard InChI is InChI=1S/C31H30N6O10/c1-5-15-10-14(9-13(4)20(15)32-28(44)22(38)18-24(40)34-30(46)35-25(18)41)11-16-8-7-12(3)21(17(16)6-2)33-29(45)23(39)19-26(42)36-31(47)37-27(19)43/h7-10,18-19H,5-6,11H2,1-4H3,(H,32,44)(H,33,45)(H2,34,35,40,41,46)(H2,36,37,42,43,47). The van der Waals surface area contributed by atoms with Crippen molar-refractivity contribution in [3.8, 4) is 0 Å². The van der Waals surface area contributed by atoms with E-state index < -0.39 is 70.9 Å². The van der Waals surface area contributed by atoms with Gasteiger partial charge in [0.1, 0.15) is 0 Å². The molecular formula is C31H30N6O10. The van der Waals surface area contributed by atoms with Gasteiger partial charge in [-0.1, -0.05) is 38.1 Å². The van der Waals surface area contributed by atoms with Crippen LogP contribution in [-0.4, -0.2) is 59.1 Å². The molecule has 2 aromatic rings. The SMILES string of the molecule is CCc1cc(Cc2ccc(C)c(NC(=O)C(=O)C3C(=O)NC(=O)NC3=O)c2CC)cc(C)c1NC(=O)C(=O)C1C(=O)NC(=O)NC1=O. The van der Waals surface area contributed by atoms with Crippen LogP contribution in [0.1, 0.15) is 47.2 Å². The molecule has 2 saturated heterocycles. The highest BCUT2D eigenvalue weighted by Crippen LogP contribution is 2.30. The second kappa shape index (κ2) is 13.5. The van der Waals surface area contributed by atoms with Crippen LogP contribution in [0, 0.1) is 25.7 Å². The summed E-state index contributed by atoms with van der Waals surface area (Å²) in [5.74, 6) is -13.9. The number of urea groups is 2. The summed E-state index contributed by atoms with van der Waals surface area (Å²) < 4.78 is 0. The topological polar surface area (TPSA) is 243 Å². The molecule has 2 fully saturated rings. The van der Waals surface area contributed by atoms with E-state index in [0.29, 0.717) is 52.9 Å². The molecule has 6 N–H and O–H groups in total. The Morgan fingerprint density at radius 2 is 1.09 bits per heavy atom. The van der Waals surface area contributed by atoms with Crippen LogP contribution in [0.3, 0.4) is 0 Å². The van der Waals surface area contributed by atoms with Crippen molar-refractivity contribution in [2.75, 3.05) is 10.6 Å². The molecular weight excluding hydrogens is 616 g/mol. The van der Waals surface area contributed by atoms with Crippen LogP contribution in [0.25, 0.3) is 0 Å². The van der Waals surface area contributed by atoms with Crippen molar-refractivity contribution in [3.05, 3.63) is 57.6 Å². The third-order valence-electron chi connectivity index (χ3n) is 7.67. The molecule has 0 saturated carbocycles. The molecule has 0 bridgehead atoms. The highest BCUT2D eigenvalue weighted by atomic mass is 16.2. The largest absolute Gasteiger partial charge is 0.328 e. The highest BCUT2D eigenvalue weighted by Gasteiger charge is 2.44. The van der Waals surface area contributed by atoms with Gasteiger partial charge in [0.25, 0.3) is 11.8 Å². The molecule has 2 aromatic carbocycles. The van der Waals surface area contributed by atoms with Crippen molar-refractivity contribution >= 4 is 70.4 Å². The smallest absolute Gasteiger partial charge is 0.319 e. The summed E-state index contributed by atoms with van der Waals surface area (Å²) in [6.45, 7) is 7.06. The summed E-state index contributed by atoms with van der Waals surface area (Å²) in [5, 5.41) is 12.2. The zero-order valence-electron chi connectivity index (χ0n) is 25.7. The third kappa shape index (κ3) is 6.95. The minimum Gasteiger partial charge on any atom is -0.319 e. The molecule has 16 heteroatoms. The molecule has 0 unspecified atom stereocenters.